The molecule has 0 radical (unpaired) electrons. The highest BCUT2D eigenvalue weighted by Gasteiger charge is 2.11. The minimum absolute atomic E-state index is 0.138. The summed E-state index contributed by atoms with van der Waals surface area (Å²) >= 11 is 0. The number of aromatic nitrogens is 2. The molecule has 178 valence electrons. The zero-order chi connectivity index (χ0) is 24.8. The van der Waals surface area contributed by atoms with E-state index >= 15 is 0 Å². The van der Waals surface area contributed by atoms with Gasteiger partial charge in [-0.25, -0.2) is 9.78 Å². The molecule has 2 aromatic heterocycles. The molecule has 0 atom stereocenters. The van der Waals surface area contributed by atoms with Crippen LogP contribution >= 0.6 is 0 Å². The fraction of sp³-hybridized carbons (Fsp3) is 0.154. The molecule has 1 N–H and O–H groups in total. The Labute approximate surface area is 200 Å². The molecule has 4 aromatic rings. The second kappa shape index (κ2) is 10.5. The minimum Gasteiger partial charge on any atom is -0.497 e. The number of hydrogen-bond acceptors (Lipinski definition) is 7. The molecule has 2 heterocycles. The predicted molar refractivity (Wildman–Crippen MR) is 129 cm³/mol. The zero-order valence-electron chi connectivity index (χ0n) is 19.2. The molecule has 4 rings (SSSR count). The highest BCUT2D eigenvalue weighted by Crippen LogP contribution is 2.17. The number of fused-ring (bicyclic) bond motifs is 1. The van der Waals surface area contributed by atoms with Crippen molar-refractivity contribution in [1.29, 1.82) is 0 Å². The van der Waals surface area contributed by atoms with Gasteiger partial charge in [0.2, 0.25) is 0 Å². The van der Waals surface area contributed by atoms with Crippen molar-refractivity contribution in [3.05, 3.63) is 100 Å². The van der Waals surface area contributed by atoms with Crippen LogP contribution in [-0.2, 0) is 16.1 Å². The summed E-state index contributed by atoms with van der Waals surface area (Å²) in [4.78, 5) is 41.2. The topological polar surface area (TPSA) is 108 Å². The first kappa shape index (κ1) is 23.5. The number of carbonyl (C=O) groups excluding carboxylic acids is 2. The number of benzene rings is 2. The number of anilines is 1. The van der Waals surface area contributed by atoms with E-state index in [1.807, 2.05) is 13.0 Å². The van der Waals surface area contributed by atoms with E-state index in [0.717, 1.165) is 5.56 Å². The van der Waals surface area contributed by atoms with Crippen molar-refractivity contribution < 1.29 is 23.8 Å². The zero-order valence-corrected chi connectivity index (χ0v) is 19.2. The standard InChI is InChI=1S/C26H23N3O6/c1-17-6-11-23-27-20(13-25(31)29(23)14-17)15-35-26(32)18-7-9-21(10-8-18)34-16-24(30)28-19-4-3-5-22(12-19)33-2/h3-14H,15-16H2,1-2H3,(H,28,30). The van der Waals surface area contributed by atoms with Crippen molar-refractivity contribution in [1.82, 2.24) is 9.38 Å². The third kappa shape index (κ3) is 6.02. The molecule has 9 nitrogen and oxygen atoms in total. The van der Waals surface area contributed by atoms with Gasteiger partial charge < -0.3 is 19.5 Å². The summed E-state index contributed by atoms with van der Waals surface area (Å²) in [5.41, 5.74) is 2.41. The number of nitrogens with zero attached hydrogens (tertiary/aromatic N) is 2. The number of aryl methyl sites for hydroxylation is 1. The van der Waals surface area contributed by atoms with E-state index in [1.54, 1.807) is 55.8 Å². The van der Waals surface area contributed by atoms with Crippen LogP contribution in [0.5, 0.6) is 11.5 Å². The molecule has 0 unspecified atom stereocenters. The Bertz CT molecular complexity index is 1430. The second-order valence-electron chi connectivity index (χ2n) is 7.69. The predicted octanol–water partition coefficient (Wildman–Crippen LogP) is 3.39. The fourth-order valence-corrected chi connectivity index (χ4v) is 3.29. The summed E-state index contributed by atoms with van der Waals surface area (Å²) in [6.07, 6.45) is 1.70. The molecule has 1 amide bonds. The van der Waals surface area contributed by atoms with Crippen LogP contribution in [0.4, 0.5) is 5.69 Å². The average molecular weight is 473 g/mol. The molecule has 0 aliphatic rings. The molecule has 0 saturated carbocycles. The number of esters is 1. The first-order valence-corrected chi connectivity index (χ1v) is 10.7. The number of ether oxygens (including phenoxy) is 3. The van der Waals surface area contributed by atoms with Gasteiger partial charge in [-0.05, 0) is 55.0 Å². The van der Waals surface area contributed by atoms with Gasteiger partial charge in [-0.1, -0.05) is 12.1 Å². The van der Waals surface area contributed by atoms with E-state index in [4.69, 9.17) is 14.2 Å². The number of methoxy groups -OCH3 is 1. The highest BCUT2D eigenvalue weighted by atomic mass is 16.5. The molecule has 0 bridgehead atoms. The maximum absolute atomic E-state index is 12.4. The number of hydrogen-bond donors (Lipinski definition) is 1. The number of amides is 1. The Morgan fingerprint density at radius 3 is 2.57 bits per heavy atom. The molecule has 35 heavy (non-hydrogen) atoms. The van der Waals surface area contributed by atoms with Gasteiger partial charge >= 0.3 is 5.97 Å². The van der Waals surface area contributed by atoms with Gasteiger partial charge in [0, 0.05) is 24.0 Å². The van der Waals surface area contributed by atoms with Crippen LogP contribution in [0, 0.1) is 6.92 Å². The number of rotatable bonds is 8. The number of pyridine rings is 1. The SMILES string of the molecule is COc1cccc(NC(=O)COc2ccc(C(=O)OCc3cc(=O)n4cc(C)ccc4n3)cc2)c1. The number of carbonyl (C=O) groups is 2. The van der Waals surface area contributed by atoms with E-state index in [-0.39, 0.29) is 24.7 Å². The van der Waals surface area contributed by atoms with Crippen LogP contribution in [0.1, 0.15) is 21.6 Å². The molecule has 9 heteroatoms. The van der Waals surface area contributed by atoms with E-state index in [0.29, 0.717) is 34.1 Å². The molecule has 0 spiro atoms. The Balaban J connectivity index is 1.30. The lowest BCUT2D eigenvalue weighted by atomic mass is 10.2. The van der Waals surface area contributed by atoms with Gasteiger partial charge in [-0.2, -0.15) is 0 Å². The van der Waals surface area contributed by atoms with Gasteiger partial charge in [-0.3, -0.25) is 14.0 Å². The summed E-state index contributed by atoms with van der Waals surface area (Å²) in [6.45, 7) is 1.54. The Morgan fingerprint density at radius 2 is 1.80 bits per heavy atom. The summed E-state index contributed by atoms with van der Waals surface area (Å²) in [7, 11) is 1.55. The van der Waals surface area contributed by atoms with E-state index in [1.165, 1.54) is 22.6 Å². The quantitative estimate of drug-likeness (QED) is 0.391. The average Bonchev–Trinajstić information content (AvgIpc) is 2.87. The summed E-state index contributed by atoms with van der Waals surface area (Å²) in [5.74, 6) is 0.140. The molecule has 0 aliphatic carbocycles. The summed E-state index contributed by atoms with van der Waals surface area (Å²) in [6, 6.07) is 18.1. The first-order chi connectivity index (χ1) is 16.9. The van der Waals surface area contributed by atoms with Crippen molar-refractivity contribution in [3.63, 3.8) is 0 Å². The second-order valence-corrected chi connectivity index (χ2v) is 7.69. The maximum Gasteiger partial charge on any atom is 0.338 e. The van der Waals surface area contributed by atoms with E-state index in [2.05, 4.69) is 10.3 Å². The van der Waals surface area contributed by atoms with Gasteiger partial charge in [0.25, 0.3) is 11.5 Å². The van der Waals surface area contributed by atoms with Crippen molar-refractivity contribution in [2.24, 2.45) is 0 Å². The summed E-state index contributed by atoms with van der Waals surface area (Å²) < 4.78 is 17.3. The fourth-order valence-electron chi connectivity index (χ4n) is 3.29. The Morgan fingerprint density at radius 1 is 1.00 bits per heavy atom. The van der Waals surface area contributed by atoms with Gasteiger partial charge in [0.15, 0.2) is 6.61 Å². The lowest BCUT2D eigenvalue weighted by molar-refractivity contribution is -0.118. The third-order valence-electron chi connectivity index (χ3n) is 5.03. The van der Waals surface area contributed by atoms with Gasteiger partial charge in [0.1, 0.15) is 23.8 Å². The molecule has 0 fully saturated rings. The van der Waals surface area contributed by atoms with Gasteiger partial charge in [-0.15, -0.1) is 0 Å². The van der Waals surface area contributed by atoms with E-state index in [9.17, 15) is 14.4 Å². The monoisotopic (exact) mass is 473 g/mol. The van der Waals surface area contributed by atoms with Gasteiger partial charge in [0.05, 0.1) is 18.4 Å². The lowest BCUT2D eigenvalue weighted by Gasteiger charge is -2.09. The lowest BCUT2D eigenvalue weighted by Crippen LogP contribution is -2.20. The third-order valence-corrected chi connectivity index (χ3v) is 5.03. The van der Waals surface area contributed by atoms with Crippen LogP contribution in [0.3, 0.4) is 0 Å². The van der Waals surface area contributed by atoms with E-state index < -0.39 is 5.97 Å². The van der Waals surface area contributed by atoms with Crippen molar-refractivity contribution in [2.45, 2.75) is 13.5 Å². The van der Waals surface area contributed by atoms with Crippen LogP contribution < -0.4 is 20.3 Å². The first-order valence-electron chi connectivity index (χ1n) is 10.7. The Kier molecular flexibility index (Phi) is 7.06. The number of nitrogens with one attached hydrogen (secondary N) is 1. The van der Waals surface area contributed by atoms with Crippen molar-refractivity contribution in [2.75, 3.05) is 19.0 Å². The highest BCUT2D eigenvalue weighted by molar-refractivity contribution is 5.92. The normalized spacial score (nSPS) is 10.6. The molecular formula is C26H23N3O6. The molecule has 2 aromatic carbocycles. The van der Waals surface area contributed by atoms with Crippen LogP contribution in [0.2, 0.25) is 0 Å². The minimum atomic E-state index is -0.571. The van der Waals surface area contributed by atoms with Crippen LogP contribution in [0.15, 0.2) is 77.7 Å². The molecular weight excluding hydrogens is 450 g/mol. The largest absolute Gasteiger partial charge is 0.497 e. The molecule has 0 aliphatic heterocycles. The molecule has 0 saturated heterocycles. The Hall–Kier alpha value is -4.66. The van der Waals surface area contributed by atoms with Crippen molar-refractivity contribution in [3.8, 4) is 11.5 Å². The maximum atomic E-state index is 12.4. The summed E-state index contributed by atoms with van der Waals surface area (Å²) in [5, 5.41) is 2.72. The van der Waals surface area contributed by atoms with Crippen LogP contribution in [-0.4, -0.2) is 35.0 Å². The van der Waals surface area contributed by atoms with Crippen LogP contribution in [0.25, 0.3) is 5.65 Å². The smallest absolute Gasteiger partial charge is 0.338 e. The van der Waals surface area contributed by atoms with Crippen molar-refractivity contribution >= 4 is 23.2 Å².